The molecule has 0 spiro atoms. The standard InChI is InChI=1S/C94H167NO8/c1-6-8-10-12-14-16-18-20-22-24-26-28-30-32-34-36-38-40-42-44-45-46-47-49-50-52-54-56-58-60-62-64-66-68-70-72-74-76-78-80-82-84-91(96)101-88-90(89-102-94(93(98)99)100-87-86-95(3,4)5)103-92(97)85-83-81-79-77-75-73-71-69-67-65-63-61-59-57-55-53-51-48-43-41-39-37-35-33-31-29-27-25-23-21-19-17-15-13-11-9-7-2/h9,11,15,17-18,20-21,23-24,26-27,29,33,35,39,41,48,51,90,94H,6-8,10,12-14,16,19,22,25,28,30-32,34,36-38,40,42-47,49-50,52-89H2,1-5H3/p+1/b11-9-,17-15-,20-18-,23-21-,26-24-,29-27-,35-33-,41-39-,51-48-. The first-order valence-corrected chi connectivity index (χ1v) is 44.1. The Bertz CT molecular complexity index is 2070. The van der Waals surface area contributed by atoms with Gasteiger partial charge in [0.25, 0.3) is 6.29 Å². The largest absolute Gasteiger partial charge is 0.477 e. The van der Waals surface area contributed by atoms with Crippen molar-refractivity contribution in [3.8, 4) is 0 Å². The van der Waals surface area contributed by atoms with Crippen molar-refractivity contribution in [3.63, 3.8) is 0 Å². The quantitative estimate of drug-likeness (QED) is 0.0211. The summed E-state index contributed by atoms with van der Waals surface area (Å²) in [7, 11) is 6.00. The molecule has 2 atom stereocenters. The van der Waals surface area contributed by atoms with Gasteiger partial charge in [0.2, 0.25) is 0 Å². The highest BCUT2D eigenvalue weighted by molar-refractivity contribution is 5.71. The summed E-state index contributed by atoms with van der Waals surface area (Å²) in [6.07, 6.45) is 116. The lowest BCUT2D eigenvalue weighted by Crippen LogP contribution is -2.40. The van der Waals surface area contributed by atoms with Gasteiger partial charge < -0.3 is 28.5 Å². The second-order valence-corrected chi connectivity index (χ2v) is 30.8. The van der Waals surface area contributed by atoms with E-state index in [2.05, 4.69) is 123 Å². The zero-order valence-corrected chi connectivity index (χ0v) is 68.5. The van der Waals surface area contributed by atoms with Gasteiger partial charge in [-0.05, 0) is 103 Å². The maximum Gasteiger partial charge on any atom is 0.361 e. The van der Waals surface area contributed by atoms with Gasteiger partial charge in [-0.3, -0.25) is 9.59 Å². The van der Waals surface area contributed by atoms with Crippen molar-refractivity contribution in [1.82, 2.24) is 0 Å². The Morgan fingerprint density at radius 1 is 0.301 bits per heavy atom. The molecule has 9 heteroatoms. The molecule has 596 valence electrons. The summed E-state index contributed by atoms with van der Waals surface area (Å²) < 4.78 is 23.1. The first-order chi connectivity index (χ1) is 50.6. The van der Waals surface area contributed by atoms with Crippen molar-refractivity contribution < 1.29 is 42.9 Å². The molecule has 0 aromatic heterocycles. The number of aliphatic carboxylic acids is 1. The molecule has 0 aliphatic carbocycles. The molecule has 0 rings (SSSR count). The van der Waals surface area contributed by atoms with Crippen LogP contribution in [0.5, 0.6) is 0 Å². The smallest absolute Gasteiger partial charge is 0.361 e. The minimum Gasteiger partial charge on any atom is -0.477 e. The van der Waals surface area contributed by atoms with Gasteiger partial charge in [-0.25, -0.2) is 4.79 Å². The number of carboxylic acids is 1. The first kappa shape index (κ1) is 98.9. The number of carbonyl (C=O) groups excluding carboxylic acids is 2. The molecular weight excluding hydrogens is 1270 g/mol. The molecule has 0 bridgehead atoms. The van der Waals surface area contributed by atoms with E-state index in [-0.39, 0.29) is 38.2 Å². The van der Waals surface area contributed by atoms with Crippen molar-refractivity contribution in [2.45, 2.75) is 424 Å². The van der Waals surface area contributed by atoms with Crippen LogP contribution in [0.25, 0.3) is 0 Å². The Morgan fingerprint density at radius 3 is 0.825 bits per heavy atom. The highest BCUT2D eigenvalue weighted by Gasteiger charge is 2.25. The highest BCUT2D eigenvalue weighted by Crippen LogP contribution is 2.20. The predicted octanol–water partition coefficient (Wildman–Crippen LogP) is 28.8. The third-order valence-corrected chi connectivity index (χ3v) is 19.5. The van der Waals surface area contributed by atoms with E-state index in [9.17, 15) is 19.5 Å². The maximum atomic E-state index is 13.0. The van der Waals surface area contributed by atoms with Gasteiger partial charge in [0.1, 0.15) is 13.2 Å². The topological polar surface area (TPSA) is 108 Å². The number of carboxylic acid groups (broad SMARTS) is 1. The van der Waals surface area contributed by atoms with Crippen LogP contribution in [-0.4, -0.2) is 87.4 Å². The number of rotatable bonds is 82. The Morgan fingerprint density at radius 2 is 0.553 bits per heavy atom. The highest BCUT2D eigenvalue weighted by atomic mass is 16.7. The van der Waals surface area contributed by atoms with E-state index >= 15 is 0 Å². The lowest BCUT2D eigenvalue weighted by Gasteiger charge is -2.25. The third-order valence-electron chi connectivity index (χ3n) is 19.5. The molecule has 0 radical (unpaired) electrons. The normalized spacial score (nSPS) is 13.1. The zero-order chi connectivity index (χ0) is 74.6. The van der Waals surface area contributed by atoms with Gasteiger partial charge >= 0.3 is 17.9 Å². The zero-order valence-electron chi connectivity index (χ0n) is 68.5. The van der Waals surface area contributed by atoms with Gasteiger partial charge in [-0.2, -0.15) is 0 Å². The van der Waals surface area contributed by atoms with Crippen molar-refractivity contribution in [1.29, 1.82) is 0 Å². The number of nitrogens with zero attached hydrogens (tertiary/aromatic N) is 1. The Balaban J connectivity index is 3.95. The first-order valence-electron chi connectivity index (χ1n) is 44.1. The minimum absolute atomic E-state index is 0.181. The number of esters is 2. The third kappa shape index (κ3) is 85.1. The lowest BCUT2D eigenvalue weighted by atomic mass is 10.0. The van der Waals surface area contributed by atoms with Gasteiger partial charge in [0.15, 0.2) is 6.10 Å². The van der Waals surface area contributed by atoms with E-state index in [0.717, 1.165) is 89.9 Å². The molecule has 0 heterocycles. The molecule has 103 heavy (non-hydrogen) atoms. The van der Waals surface area contributed by atoms with E-state index in [0.29, 0.717) is 17.4 Å². The van der Waals surface area contributed by atoms with Crippen molar-refractivity contribution in [2.24, 2.45) is 0 Å². The number of ether oxygens (including phenoxy) is 4. The molecule has 0 saturated heterocycles. The van der Waals surface area contributed by atoms with Crippen LogP contribution in [0.3, 0.4) is 0 Å². The molecule has 0 aliphatic rings. The van der Waals surface area contributed by atoms with Crippen LogP contribution in [-0.2, 0) is 33.3 Å². The van der Waals surface area contributed by atoms with Crippen molar-refractivity contribution in [2.75, 3.05) is 47.5 Å². The number of likely N-dealkylation sites (N-methyl/N-ethyl adjacent to an activating group) is 1. The van der Waals surface area contributed by atoms with Crippen LogP contribution < -0.4 is 0 Å². The molecular formula is C94H168NO8+. The molecule has 0 aromatic rings. The van der Waals surface area contributed by atoms with E-state index in [1.54, 1.807) is 0 Å². The average molecular weight is 1440 g/mol. The Hall–Kier alpha value is -4.05. The van der Waals surface area contributed by atoms with E-state index in [1.165, 1.54) is 295 Å². The van der Waals surface area contributed by atoms with Crippen LogP contribution in [0, 0.1) is 0 Å². The molecule has 1 N–H and O–H groups in total. The second-order valence-electron chi connectivity index (χ2n) is 30.8. The molecule has 9 nitrogen and oxygen atoms in total. The van der Waals surface area contributed by atoms with Crippen molar-refractivity contribution >= 4 is 17.9 Å². The fourth-order valence-electron chi connectivity index (χ4n) is 12.9. The molecule has 2 unspecified atom stereocenters. The Labute approximate surface area is 638 Å². The summed E-state index contributed by atoms with van der Waals surface area (Å²) in [5, 5.41) is 9.79. The Kier molecular flexibility index (Phi) is 80.3. The summed E-state index contributed by atoms with van der Waals surface area (Å²) in [4.78, 5) is 37.8. The number of allylic oxidation sites excluding steroid dienone is 18. The number of unbranched alkanes of at least 4 members (excludes halogenated alkanes) is 49. The fourth-order valence-corrected chi connectivity index (χ4v) is 12.9. The van der Waals surface area contributed by atoms with Crippen LogP contribution in [0.1, 0.15) is 412 Å². The van der Waals surface area contributed by atoms with Crippen LogP contribution in [0.4, 0.5) is 0 Å². The summed E-state index contributed by atoms with van der Waals surface area (Å²) >= 11 is 0. The molecule has 0 fully saturated rings. The number of quaternary nitrogens is 1. The maximum absolute atomic E-state index is 13.0. The van der Waals surface area contributed by atoms with Gasteiger partial charge in [-0.1, -0.05) is 406 Å². The van der Waals surface area contributed by atoms with Gasteiger partial charge in [0.05, 0.1) is 34.4 Å². The van der Waals surface area contributed by atoms with E-state index in [1.807, 2.05) is 21.1 Å². The van der Waals surface area contributed by atoms with Crippen LogP contribution in [0.15, 0.2) is 109 Å². The monoisotopic (exact) mass is 1440 g/mol. The second kappa shape index (κ2) is 83.6. The summed E-state index contributed by atoms with van der Waals surface area (Å²) in [6.45, 7) is 4.80. The SMILES string of the molecule is CC/C=C\C/C=C\C/C=C\C/C=C\C/C=C\C/C=C\C/C=C\CCCCCCCCCCCCCCCCCC(=O)OC(COC(=O)CCCCCCCCCCCCCCCCCCCCCCCCCCCCCCC/C=C\C/C=C\CCCCCCC)COC(OCC[N+](C)(C)C)C(=O)O. The molecule has 0 amide bonds. The lowest BCUT2D eigenvalue weighted by molar-refractivity contribution is -0.870. The van der Waals surface area contributed by atoms with Gasteiger partial charge in [0, 0.05) is 12.8 Å². The summed E-state index contributed by atoms with van der Waals surface area (Å²) in [5.74, 6) is -1.98. The molecule has 0 aromatic carbocycles. The van der Waals surface area contributed by atoms with Crippen LogP contribution >= 0.6 is 0 Å². The fraction of sp³-hybridized carbons (Fsp3) is 0.777. The van der Waals surface area contributed by atoms with Crippen LogP contribution in [0.2, 0.25) is 0 Å². The van der Waals surface area contributed by atoms with E-state index in [4.69, 9.17) is 18.9 Å². The number of carbonyl (C=O) groups is 3. The molecule has 0 aliphatic heterocycles. The van der Waals surface area contributed by atoms with E-state index < -0.39 is 18.4 Å². The van der Waals surface area contributed by atoms with Gasteiger partial charge in [-0.15, -0.1) is 0 Å². The summed E-state index contributed by atoms with van der Waals surface area (Å²) in [5.41, 5.74) is 0. The number of hydrogen-bond acceptors (Lipinski definition) is 7. The minimum atomic E-state index is -1.51. The number of hydrogen-bond donors (Lipinski definition) is 1. The molecule has 0 saturated carbocycles. The average Bonchev–Trinajstić information content (AvgIpc) is 1.16. The summed E-state index contributed by atoms with van der Waals surface area (Å²) in [6, 6.07) is 0. The van der Waals surface area contributed by atoms with Crippen molar-refractivity contribution in [3.05, 3.63) is 109 Å². The predicted molar refractivity (Wildman–Crippen MR) is 447 cm³/mol.